The first kappa shape index (κ1) is 11.6. The summed E-state index contributed by atoms with van der Waals surface area (Å²) in [7, 11) is 0. The largest absolute Gasteiger partial charge is 0.507 e. The normalized spacial score (nSPS) is 11.1. The van der Waals surface area contributed by atoms with Gasteiger partial charge in [-0.2, -0.15) is 0 Å². The van der Waals surface area contributed by atoms with Crippen LogP contribution in [-0.4, -0.2) is 10.9 Å². The Morgan fingerprint density at radius 1 is 1.18 bits per heavy atom. The molecule has 2 nitrogen and oxygen atoms in total. The SMILES string of the molecule is CC(=O)c1ccc2cccc(C(C)C)c2c1O. The number of phenolic OH excluding ortho intramolecular Hbond substituents is 1. The minimum atomic E-state index is -0.108. The van der Waals surface area contributed by atoms with Crippen LogP contribution in [0.5, 0.6) is 5.75 Å². The number of aromatic hydroxyl groups is 1. The predicted molar refractivity (Wildman–Crippen MR) is 69.7 cm³/mol. The highest BCUT2D eigenvalue weighted by Gasteiger charge is 2.14. The third-order valence-corrected chi connectivity index (χ3v) is 3.05. The van der Waals surface area contributed by atoms with Crippen molar-refractivity contribution < 1.29 is 9.90 Å². The van der Waals surface area contributed by atoms with Crippen molar-refractivity contribution in [2.45, 2.75) is 26.7 Å². The van der Waals surface area contributed by atoms with Crippen LogP contribution in [0.15, 0.2) is 30.3 Å². The molecule has 0 spiro atoms. The second kappa shape index (κ2) is 4.21. The van der Waals surface area contributed by atoms with Gasteiger partial charge in [-0.05, 0) is 29.9 Å². The molecule has 0 atom stereocenters. The van der Waals surface area contributed by atoms with E-state index >= 15 is 0 Å². The van der Waals surface area contributed by atoms with Gasteiger partial charge in [0, 0.05) is 5.39 Å². The van der Waals surface area contributed by atoms with E-state index in [-0.39, 0.29) is 11.5 Å². The van der Waals surface area contributed by atoms with E-state index < -0.39 is 0 Å². The van der Waals surface area contributed by atoms with Crippen LogP contribution in [0, 0.1) is 0 Å². The molecule has 0 bridgehead atoms. The van der Waals surface area contributed by atoms with Crippen molar-refractivity contribution in [2.75, 3.05) is 0 Å². The molecular formula is C15H16O2. The van der Waals surface area contributed by atoms with Gasteiger partial charge < -0.3 is 5.11 Å². The Morgan fingerprint density at radius 2 is 1.88 bits per heavy atom. The van der Waals surface area contributed by atoms with Crippen molar-refractivity contribution in [2.24, 2.45) is 0 Å². The molecule has 0 unspecified atom stereocenters. The lowest BCUT2D eigenvalue weighted by Gasteiger charge is -2.13. The topological polar surface area (TPSA) is 37.3 Å². The smallest absolute Gasteiger partial charge is 0.163 e. The number of carbonyl (C=O) groups excluding carboxylic acids is 1. The fourth-order valence-electron chi connectivity index (χ4n) is 2.15. The van der Waals surface area contributed by atoms with Crippen molar-refractivity contribution in [1.82, 2.24) is 0 Å². The first-order valence-electron chi connectivity index (χ1n) is 5.78. The summed E-state index contributed by atoms with van der Waals surface area (Å²) in [6.07, 6.45) is 0. The quantitative estimate of drug-likeness (QED) is 0.792. The van der Waals surface area contributed by atoms with Crippen LogP contribution >= 0.6 is 0 Å². The average molecular weight is 228 g/mol. The van der Waals surface area contributed by atoms with Gasteiger partial charge in [0.1, 0.15) is 5.75 Å². The monoisotopic (exact) mass is 228 g/mol. The molecule has 0 aliphatic rings. The molecule has 1 N–H and O–H groups in total. The molecule has 0 amide bonds. The van der Waals surface area contributed by atoms with Gasteiger partial charge in [0.05, 0.1) is 5.56 Å². The minimum Gasteiger partial charge on any atom is -0.507 e. The van der Waals surface area contributed by atoms with Crippen molar-refractivity contribution in [3.8, 4) is 5.75 Å². The molecule has 0 saturated heterocycles. The van der Waals surface area contributed by atoms with Gasteiger partial charge in [0.25, 0.3) is 0 Å². The minimum absolute atomic E-state index is 0.108. The lowest BCUT2D eigenvalue weighted by molar-refractivity contribution is 0.101. The molecule has 2 aromatic carbocycles. The van der Waals surface area contributed by atoms with E-state index in [1.54, 1.807) is 6.07 Å². The van der Waals surface area contributed by atoms with E-state index in [9.17, 15) is 9.90 Å². The molecule has 17 heavy (non-hydrogen) atoms. The number of ketones is 1. The number of hydrogen-bond acceptors (Lipinski definition) is 2. The van der Waals surface area contributed by atoms with E-state index in [0.717, 1.165) is 16.3 Å². The van der Waals surface area contributed by atoms with Crippen LogP contribution in [-0.2, 0) is 0 Å². The highest BCUT2D eigenvalue weighted by Crippen LogP contribution is 2.34. The molecule has 0 aromatic heterocycles. The maximum absolute atomic E-state index is 11.4. The number of rotatable bonds is 2. The highest BCUT2D eigenvalue weighted by atomic mass is 16.3. The fourth-order valence-corrected chi connectivity index (χ4v) is 2.15. The summed E-state index contributed by atoms with van der Waals surface area (Å²) in [5.41, 5.74) is 1.47. The van der Waals surface area contributed by atoms with E-state index in [4.69, 9.17) is 0 Å². The van der Waals surface area contributed by atoms with Gasteiger partial charge in [-0.3, -0.25) is 4.79 Å². The average Bonchev–Trinajstić information content (AvgIpc) is 2.28. The summed E-state index contributed by atoms with van der Waals surface area (Å²) < 4.78 is 0. The Bertz CT molecular complexity index is 583. The Kier molecular flexibility index (Phi) is 2.88. The van der Waals surface area contributed by atoms with Crippen molar-refractivity contribution in [3.05, 3.63) is 41.5 Å². The van der Waals surface area contributed by atoms with Crippen LogP contribution in [0.4, 0.5) is 0 Å². The van der Waals surface area contributed by atoms with Crippen LogP contribution < -0.4 is 0 Å². The summed E-state index contributed by atoms with van der Waals surface area (Å²) in [5.74, 6) is 0.314. The number of benzene rings is 2. The maximum atomic E-state index is 11.4. The van der Waals surface area contributed by atoms with Crippen LogP contribution in [0.2, 0.25) is 0 Å². The lowest BCUT2D eigenvalue weighted by Crippen LogP contribution is -1.96. The van der Waals surface area contributed by atoms with Gasteiger partial charge in [-0.15, -0.1) is 0 Å². The van der Waals surface area contributed by atoms with Gasteiger partial charge >= 0.3 is 0 Å². The summed E-state index contributed by atoms with van der Waals surface area (Å²) in [6, 6.07) is 9.49. The summed E-state index contributed by atoms with van der Waals surface area (Å²) in [5, 5.41) is 12.0. The molecule has 0 saturated carbocycles. The molecule has 0 aliphatic heterocycles. The number of Topliss-reactive ketones (excluding diaryl/α,β-unsaturated/α-hetero) is 1. The van der Waals surface area contributed by atoms with E-state index in [1.165, 1.54) is 6.92 Å². The summed E-state index contributed by atoms with van der Waals surface area (Å²) in [4.78, 5) is 11.4. The molecule has 2 aromatic rings. The Morgan fingerprint density at radius 3 is 2.47 bits per heavy atom. The van der Waals surface area contributed by atoms with Gasteiger partial charge in [-0.1, -0.05) is 38.1 Å². The Labute approximate surface area is 101 Å². The molecule has 2 heteroatoms. The number of carbonyl (C=O) groups is 1. The number of hydrogen-bond donors (Lipinski definition) is 1. The first-order chi connectivity index (χ1) is 8.02. The predicted octanol–water partition coefficient (Wildman–Crippen LogP) is 3.87. The standard InChI is InChI=1S/C15H16O2/c1-9(2)12-6-4-5-11-7-8-13(10(3)16)15(17)14(11)12/h4-9,17H,1-3H3. The maximum Gasteiger partial charge on any atom is 0.163 e. The zero-order valence-corrected chi connectivity index (χ0v) is 10.3. The van der Waals surface area contributed by atoms with E-state index in [2.05, 4.69) is 13.8 Å². The van der Waals surface area contributed by atoms with E-state index in [0.29, 0.717) is 11.5 Å². The first-order valence-corrected chi connectivity index (χ1v) is 5.78. The molecule has 2 rings (SSSR count). The number of fused-ring (bicyclic) bond motifs is 1. The van der Waals surface area contributed by atoms with Crippen molar-refractivity contribution >= 4 is 16.6 Å². The third-order valence-electron chi connectivity index (χ3n) is 3.05. The summed E-state index contributed by atoms with van der Waals surface area (Å²) >= 11 is 0. The van der Waals surface area contributed by atoms with Gasteiger partial charge in [0.15, 0.2) is 5.78 Å². The van der Waals surface area contributed by atoms with E-state index in [1.807, 2.05) is 24.3 Å². The molecule has 0 aliphatic carbocycles. The van der Waals surface area contributed by atoms with Crippen LogP contribution in [0.3, 0.4) is 0 Å². The Hall–Kier alpha value is -1.83. The van der Waals surface area contributed by atoms with Gasteiger partial charge in [0.2, 0.25) is 0 Å². The van der Waals surface area contributed by atoms with Gasteiger partial charge in [-0.25, -0.2) is 0 Å². The zero-order valence-electron chi connectivity index (χ0n) is 10.3. The second-order valence-corrected chi connectivity index (χ2v) is 4.62. The lowest BCUT2D eigenvalue weighted by atomic mass is 9.93. The van der Waals surface area contributed by atoms with Crippen molar-refractivity contribution in [3.63, 3.8) is 0 Å². The fraction of sp³-hybridized carbons (Fsp3) is 0.267. The van der Waals surface area contributed by atoms with Crippen LogP contribution in [0.1, 0.15) is 42.6 Å². The second-order valence-electron chi connectivity index (χ2n) is 4.62. The Balaban J connectivity index is 2.86. The zero-order chi connectivity index (χ0) is 12.6. The molecule has 0 radical (unpaired) electrons. The molecular weight excluding hydrogens is 212 g/mol. The third kappa shape index (κ3) is 1.91. The number of phenols is 1. The molecule has 88 valence electrons. The highest BCUT2D eigenvalue weighted by molar-refractivity contribution is 6.04. The van der Waals surface area contributed by atoms with Crippen LogP contribution in [0.25, 0.3) is 10.8 Å². The summed E-state index contributed by atoms with van der Waals surface area (Å²) in [6.45, 7) is 5.63. The van der Waals surface area contributed by atoms with Crippen molar-refractivity contribution in [1.29, 1.82) is 0 Å². The molecule has 0 fully saturated rings. The molecule has 0 heterocycles.